The maximum atomic E-state index is 13.6. The third-order valence-corrected chi connectivity index (χ3v) is 7.01. The maximum absolute atomic E-state index is 13.6. The molecule has 0 radical (unpaired) electrons. The summed E-state index contributed by atoms with van der Waals surface area (Å²) >= 11 is 1.19. The number of nitrogens with one attached hydrogen (secondary N) is 1. The molecule has 32 heavy (non-hydrogen) atoms. The van der Waals surface area contributed by atoms with E-state index in [9.17, 15) is 17.6 Å². The van der Waals surface area contributed by atoms with Gasteiger partial charge in [0.05, 0.1) is 15.1 Å². The largest absolute Gasteiger partial charge is 0.312 e. The fourth-order valence-electron chi connectivity index (χ4n) is 3.12. The highest BCUT2D eigenvalue weighted by Gasteiger charge is 2.15. The highest BCUT2D eigenvalue weighted by molar-refractivity contribution is 7.92. The molecular weight excluding hydrogens is 449 g/mol. The number of amides is 1. The van der Waals surface area contributed by atoms with E-state index in [1.54, 1.807) is 53.1 Å². The second-order valence-corrected chi connectivity index (χ2v) is 9.50. The summed E-state index contributed by atoms with van der Waals surface area (Å²) in [5.74, 6) is -0.920. The number of aromatic nitrogens is 1. The summed E-state index contributed by atoms with van der Waals surface area (Å²) in [6.07, 6.45) is 1.66. The molecule has 0 saturated carbocycles. The van der Waals surface area contributed by atoms with Crippen molar-refractivity contribution >= 4 is 43.2 Å². The van der Waals surface area contributed by atoms with Crippen LogP contribution in [0.15, 0.2) is 95.3 Å². The number of carbonyl (C=O) groups excluding carboxylic acids is 1. The van der Waals surface area contributed by atoms with Gasteiger partial charge in [0, 0.05) is 17.8 Å². The van der Waals surface area contributed by atoms with E-state index < -0.39 is 15.9 Å². The summed E-state index contributed by atoms with van der Waals surface area (Å²) in [4.78, 5) is 17.6. The monoisotopic (exact) mass is 467 g/mol. The van der Waals surface area contributed by atoms with E-state index in [0.29, 0.717) is 16.0 Å². The van der Waals surface area contributed by atoms with Crippen LogP contribution in [0.2, 0.25) is 0 Å². The van der Waals surface area contributed by atoms with Gasteiger partial charge in [0.2, 0.25) is 0 Å². The van der Waals surface area contributed by atoms with Gasteiger partial charge in [0.15, 0.2) is 4.80 Å². The van der Waals surface area contributed by atoms with E-state index in [1.807, 2.05) is 0 Å². The van der Waals surface area contributed by atoms with Crippen LogP contribution in [0.4, 0.5) is 10.1 Å². The second kappa shape index (κ2) is 8.89. The molecule has 9 heteroatoms. The number of hydrogen-bond acceptors (Lipinski definition) is 4. The topological polar surface area (TPSA) is 80.5 Å². The third kappa shape index (κ3) is 4.53. The SMILES string of the molecule is C=CCn1c(=NC(=O)c2cccc(NS(=O)(=O)c3ccccc3)c2)sc2cc(F)ccc21. The maximum Gasteiger partial charge on any atom is 0.279 e. The van der Waals surface area contributed by atoms with Gasteiger partial charge < -0.3 is 4.57 Å². The number of halogens is 1. The van der Waals surface area contributed by atoms with Crippen LogP contribution in [-0.2, 0) is 16.6 Å². The smallest absolute Gasteiger partial charge is 0.279 e. The molecule has 0 aliphatic rings. The zero-order valence-corrected chi connectivity index (χ0v) is 18.4. The predicted octanol–water partition coefficient (Wildman–Crippen LogP) is 4.57. The highest BCUT2D eigenvalue weighted by Crippen LogP contribution is 2.20. The molecule has 0 aliphatic carbocycles. The Kier molecular flexibility index (Phi) is 6.02. The molecule has 0 aliphatic heterocycles. The summed E-state index contributed by atoms with van der Waals surface area (Å²) < 4.78 is 43.6. The summed E-state index contributed by atoms with van der Waals surface area (Å²) in [5.41, 5.74) is 1.20. The first-order chi connectivity index (χ1) is 15.4. The number of fused-ring (bicyclic) bond motifs is 1. The van der Waals surface area contributed by atoms with Crippen LogP contribution < -0.4 is 9.52 Å². The predicted molar refractivity (Wildman–Crippen MR) is 124 cm³/mol. The van der Waals surface area contributed by atoms with Crippen molar-refractivity contribution in [3.8, 4) is 0 Å². The van der Waals surface area contributed by atoms with Crippen molar-refractivity contribution in [2.45, 2.75) is 11.4 Å². The van der Waals surface area contributed by atoms with Crippen LogP contribution in [0, 0.1) is 5.82 Å². The standard InChI is InChI=1S/C23H18FN3O3S2/c1-2-13-27-20-12-11-17(24)15-21(20)31-23(27)25-22(28)16-7-6-8-18(14-16)26-32(29,30)19-9-4-3-5-10-19/h2-12,14-15,26H,1,13H2. The van der Waals surface area contributed by atoms with Crippen molar-refractivity contribution in [2.75, 3.05) is 4.72 Å². The molecule has 6 nitrogen and oxygen atoms in total. The highest BCUT2D eigenvalue weighted by atomic mass is 32.2. The molecule has 0 atom stereocenters. The Labute approximate surface area is 188 Å². The second-order valence-electron chi connectivity index (χ2n) is 6.81. The van der Waals surface area contributed by atoms with Crippen LogP contribution in [0.25, 0.3) is 10.2 Å². The summed E-state index contributed by atoms with van der Waals surface area (Å²) in [5, 5.41) is 0. The molecule has 0 spiro atoms. The van der Waals surface area contributed by atoms with Gasteiger partial charge >= 0.3 is 0 Å². The molecule has 1 aromatic heterocycles. The minimum atomic E-state index is -3.79. The zero-order chi connectivity index (χ0) is 22.7. The molecule has 4 aromatic rings. The number of anilines is 1. The third-order valence-electron chi connectivity index (χ3n) is 4.57. The fourth-order valence-corrected chi connectivity index (χ4v) is 5.25. The number of sulfonamides is 1. The minimum Gasteiger partial charge on any atom is -0.312 e. The molecule has 3 aromatic carbocycles. The Bertz CT molecular complexity index is 1490. The van der Waals surface area contributed by atoms with Crippen molar-refractivity contribution in [1.29, 1.82) is 0 Å². The van der Waals surface area contributed by atoms with Crippen LogP contribution in [0.3, 0.4) is 0 Å². The van der Waals surface area contributed by atoms with E-state index in [1.165, 1.54) is 41.7 Å². The Morgan fingerprint density at radius 3 is 2.62 bits per heavy atom. The Balaban J connectivity index is 1.69. The van der Waals surface area contributed by atoms with Gasteiger partial charge in [-0.2, -0.15) is 4.99 Å². The van der Waals surface area contributed by atoms with Crippen molar-refractivity contribution in [3.05, 3.63) is 102 Å². The number of rotatable bonds is 6. The van der Waals surface area contributed by atoms with Gasteiger partial charge in [-0.05, 0) is 48.5 Å². The average molecular weight is 468 g/mol. The van der Waals surface area contributed by atoms with Crippen molar-refractivity contribution in [1.82, 2.24) is 4.57 Å². The van der Waals surface area contributed by atoms with Crippen LogP contribution in [0.1, 0.15) is 10.4 Å². The minimum absolute atomic E-state index is 0.115. The summed E-state index contributed by atoms with van der Waals surface area (Å²) in [6, 6.07) is 18.4. The number of hydrogen-bond donors (Lipinski definition) is 1. The lowest BCUT2D eigenvalue weighted by Crippen LogP contribution is -2.16. The molecule has 1 N–H and O–H groups in total. The molecule has 162 valence electrons. The Morgan fingerprint density at radius 2 is 1.88 bits per heavy atom. The first kappa shape index (κ1) is 21.7. The van der Waals surface area contributed by atoms with Gasteiger partial charge in [0.1, 0.15) is 5.82 Å². The zero-order valence-electron chi connectivity index (χ0n) is 16.7. The van der Waals surface area contributed by atoms with Gasteiger partial charge in [-0.15, -0.1) is 6.58 Å². The van der Waals surface area contributed by atoms with Gasteiger partial charge in [0.25, 0.3) is 15.9 Å². The Hall–Kier alpha value is -3.56. The molecule has 1 heterocycles. The molecule has 4 rings (SSSR count). The molecule has 0 fully saturated rings. The van der Waals surface area contributed by atoms with Crippen molar-refractivity contribution in [3.63, 3.8) is 0 Å². The van der Waals surface area contributed by atoms with E-state index in [2.05, 4.69) is 16.3 Å². The van der Waals surface area contributed by atoms with Crippen LogP contribution in [-0.4, -0.2) is 18.9 Å². The lowest BCUT2D eigenvalue weighted by molar-refractivity contribution is 0.0998. The average Bonchev–Trinajstić information content (AvgIpc) is 3.10. The molecule has 0 saturated heterocycles. The van der Waals surface area contributed by atoms with E-state index >= 15 is 0 Å². The number of carbonyl (C=O) groups is 1. The van der Waals surface area contributed by atoms with Gasteiger partial charge in [-0.25, -0.2) is 12.8 Å². The Morgan fingerprint density at radius 1 is 1.09 bits per heavy atom. The first-order valence-corrected chi connectivity index (χ1v) is 11.8. The molecular formula is C23H18FN3O3S2. The lowest BCUT2D eigenvalue weighted by atomic mass is 10.2. The van der Waals surface area contributed by atoms with E-state index in [-0.39, 0.29) is 22.0 Å². The summed E-state index contributed by atoms with van der Waals surface area (Å²) in [7, 11) is -3.79. The number of allylic oxidation sites excluding steroid dienone is 1. The lowest BCUT2D eigenvalue weighted by Gasteiger charge is -2.08. The van der Waals surface area contributed by atoms with Crippen molar-refractivity contribution in [2.24, 2.45) is 4.99 Å². The normalized spacial score (nSPS) is 12.1. The fraction of sp³-hybridized carbons (Fsp3) is 0.0435. The van der Waals surface area contributed by atoms with E-state index in [0.717, 1.165) is 5.52 Å². The van der Waals surface area contributed by atoms with Gasteiger partial charge in [-0.3, -0.25) is 9.52 Å². The summed E-state index contributed by atoms with van der Waals surface area (Å²) in [6.45, 7) is 4.12. The molecule has 1 amide bonds. The first-order valence-electron chi connectivity index (χ1n) is 9.54. The number of nitrogens with zero attached hydrogens (tertiary/aromatic N) is 2. The van der Waals surface area contributed by atoms with Crippen molar-refractivity contribution < 1.29 is 17.6 Å². The van der Waals surface area contributed by atoms with E-state index in [4.69, 9.17) is 0 Å². The quantitative estimate of drug-likeness (QED) is 0.422. The van der Waals surface area contributed by atoms with Gasteiger partial charge in [-0.1, -0.05) is 41.7 Å². The van der Waals surface area contributed by atoms with Crippen LogP contribution >= 0.6 is 11.3 Å². The number of benzene rings is 3. The number of thiazole rings is 1. The molecule has 0 unspecified atom stereocenters. The molecule has 0 bridgehead atoms. The van der Waals surface area contributed by atoms with Crippen LogP contribution in [0.5, 0.6) is 0 Å².